The summed E-state index contributed by atoms with van der Waals surface area (Å²) in [6, 6.07) is 0. The van der Waals surface area contributed by atoms with E-state index in [9.17, 15) is 35.1 Å². The van der Waals surface area contributed by atoms with Crippen LogP contribution in [0.4, 0.5) is 0 Å². The van der Waals surface area contributed by atoms with Crippen molar-refractivity contribution < 1.29 is 63.7 Å². The van der Waals surface area contributed by atoms with Crippen LogP contribution in [-0.2, 0) is 33.3 Å². The van der Waals surface area contributed by atoms with E-state index in [-0.39, 0.29) is 24.2 Å². The Morgan fingerprint density at radius 1 is 1.20 bits per heavy atom. The molecule has 0 aromatic carbocycles. The van der Waals surface area contributed by atoms with Crippen molar-refractivity contribution in [1.82, 2.24) is 0 Å². The van der Waals surface area contributed by atoms with E-state index in [1.807, 2.05) is 6.08 Å². The van der Waals surface area contributed by atoms with Crippen LogP contribution in [0.1, 0.15) is 20.3 Å². The Morgan fingerprint density at radius 3 is 2.51 bits per heavy atom. The molecule has 0 aromatic rings. The highest BCUT2D eigenvalue weighted by Gasteiger charge is 2.49. The van der Waals surface area contributed by atoms with E-state index in [1.165, 1.54) is 13.4 Å². The van der Waals surface area contributed by atoms with Crippen LogP contribution in [-0.4, -0.2) is 115 Å². The number of quaternary nitrogens is 1. The van der Waals surface area contributed by atoms with E-state index in [0.29, 0.717) is 26.1 Å². The topological polar surface area (TPSA) is 189 Å². The molecule has 0 saturated carbocycles. The average Bonchev–Trinajstić information content (AvgIpc) is 2.95. The van der Waals surface area contributed by atoms with E-state index < -0.39 is 73.3 Å². The van der Waals surface area contributed by atoms with E-state index in [4.69, 9.17) is 23.7 Å². The highest BCUT2D eigenvalue weighted by atomic mass is 16.8. The zero-order valence-electron chi connectivity index (χ0n) is 23.7. The number of ether oxygens (including phenoxy) is 5. The average molecular weight is 586 g/mol. The van der Waals surface area contributed by atoms with Gasteiger partial charge >= 0.3 is 5.97 Å². The number of nitrogens with one attached hydrogen (secondary N) is 1. The molecule has 0 amide bonds. The summed E-state index contributed by atoms with van der Waals surface area (Å²) < 4.78 is 28.4. The first-order valence-corrected chi connectivity index (χ1v) is 13.9. The molecule has 3 rings (SSSR count). The van der Waals surface area contributed by atoms with Gasteiger partial charge in [-0.3, -0.25) is 0 Å². The monoisotopic (exact) mass is 585 g/mol. The van der Waals surface area contributed by atoms with Crippen LogP contribution in [0.5, 0.6) is 0 Å². The number of esters is 1. The Kier molecular flexibility index (Phi) is 12.3. The minimum Gasteiger partial charge on any atom is -0.550 e. The molecule has 0 spiro atoms. The first kappa shape index (κ1) is 33.1. The van der Waals surface area contributed by atoms with Gasteiger partial charge in [0.1, 0.15) is 31.0 Å². The van der Waals surface area contributed by atoms with Gasteiger partial charge in [-0.1, -0.05) is 18.2 Å². The highest BCUT2D eigenvalue weighted by Crippen LogP contribution is 2.37. The highest BCUT2D eigenvalue weighted by molar-refractivity contribution is 5.89. The molecular weight excluding hydrogens is 542 g/mol. The van der Waals surface area contributed by atoms with Gasteiger partial charge in [0.2, 0.25) is 6.29 Å². The van der Waals surface area contributed by atoms with Crippen molar-refractivity contribution >= 4 is 11.9 Å². The lowest BCUT2D eigenvalue weighted by atomic mass is 9.81. The summed E-state index contributed by atoms with van der Waals surface area (Å²) >= 11 is 0. The van der Waals surface area contributed by atoms with Crippen LogP contribution in [0.25, 0.3) is 0 Å². The van der Waals surface area contributed by atoms with Crippen molar-refractivity contribution in [3.8, 4) is 0 Å². The standard InChI is InChI=1S/C28H43NO12/c1-5-18-19(7-6-16-10-17(25(34)35)12-29(11-16)8-9-30)20(26(36)37-4)14-38-27(18)41-28-24(39-15(2)3)23(33)22(32)21(13-31)40-28/h5-7,14-19,21-24,27-28,30-33H,1,8-13H2,2-4H3,(H,34,35). The van der Waals surface area contributed by atoms with Crippen molar-refractivity contribution in [2.75, 3.05) is 40.0 Å². The number of aliphatic carboxylic acids is 1. The number of rotatable bonds is 12. The molecule has 13 heteroatoms. The molecule has 232 valence electrons. The Balaban J connectivity index is 1.88. The fourth-order valence-corrected chi connectivity index (χ4v) is 5.66. The molecule has 3 aliphatic rings. The number of methoxy groups -OCH3 is 1. The molecule has 0 aliphatic carbocycles. The first-order chi connectivity index (χ1) is 19.5. The number of allylic oxidation sites excluding steroid dienone is 1. The Bertz CT molecular complexity index is 954. The minimum atomic E-state index is -1.43. The van der Waals surface area contributed by atoms with Crippen molar-refractivity contribution in [1.29, 1.82) is 0 Å². The third-order valence-electron chi connectivity index (χ3n) is 7.70. The van der Waals surface area contributed by atoms with Gasteiger partial charge in [-0.05, 0) is 20.3 Å². The van der Waals surface area contributed by atoms with Crippen LogP contribution in [0.3, 0.4) is 0 Å². The van der Waals surface area contributed by atoms with E-state index in [2.05, 4.69) is 6.58 Å². The molecule has 3 aliphatic heterocycles. The van der Waals surface area contributed by atoms with E-state index in [0.717, 1.165) is 4.90 Å². The number of carbonyl (C=O) groups excluding carboxylic acids is 2. The summed E-state index contributed by atoms with van der Waals surface area (Å²) in [6.45, 7) is 8.07. The van der Waals surface area contributed by atoms with E-state index >= 15 is 0 Å². The molecule has 11 atom stereocenters. The van der Waals surface area contributed by atoms with Gasteiger partial charge in [0.25, 0.3) is 0 Å². The van der Waals surface area contributed by atoms with Gasteiger partial charge in [0.15, 0.2) is 6.29 Å². The maximum Gasteiger partial charge on any atom is 0.337 e. The lowest BCUT2D eigenvalue weighted by Crippen LogP contribution is -3.15. The van der Waals surface area contributed by atoms with Crippen LogP contribution in [0.2, 0.25) is 0 Å². The van der Waals surface area contributed by atoms with Gasteiger partial charge in [-0.25, -0.2) is 4.79 Å². The number of aliphatic hydroxyl groups excluding tert-OH is 4. The quantitative estimate of drug-likeness (QED) is 0.115. The molecule has 0 radical (unpaired) electrons. The van der Waals surface area contributed by atoms with Gasteiger partial charge in [0, 0.05) is 17.8 Å². The number of hydrogen-bond donors (Lipinski definition) is 5. The van der Waals surface area contributed by atoms with Crippen molar-refractivity contribution in [2.24, 2.45) is 23.7 Å². The summed E-state index contributed by atoms with van der Waals surface area (Å²) in [4.78, 5) is 25.3. The maximum absolute atomic E-state index is 12.7. The molecule has 5 N–H and O–H groups in total. The molecule has 3 heterocycles. The number of likely N-dealkylation sites (tertiary alicyclic amines) is 1. The summed E-state index contributed by atoms with van der Waals surface area (Å²) in [6.07, 6.45) is -1.08. The predicted octanol–water partition coefficient (Wildman–Crippen LogP) is -3.11. The molecule has 13 nitrogen and oxygen atoms in total. The Morgan fingerprint density at radius 2 is 1.93 bits per heavy atom. The molecule has 41 heavy (non-hydrogen) atoms. The molecule has 0 aromatic heterocycles. The molecule has 2 saturated heterocycles. The second-order valence-corrected chi connectivity index (χ2v) is 10.9. The zero-order valence-corrected chi connectivity index (χ0v) is 23.7. The number of carbonyl (C=O) groups is 2. The van der Waals surface area contributed by atoms with E-state index in [1.54, 1.807) is 26.0 Å². The fraction of sp³-hybridized carbons (Fsp3) is 0.714. The van der Waals surface area contributed by atoms with Gasteiger partial charge in [0.05, 0.1) is 63.2 Å². The predicted molar refractivity (Wildman–Crippen MR) is 139 cm³/mol. The number of aliphatic hydroxyl groups is 4. The van der Waals surface area contributed by atoms with Gasteiger partial charge < -0.3 is 58.9 Å². The van der Waals surface area contributed by atoms with Crippen LogP contribution in [0, 0.1) is 23.7 Å². The zero-order chi connectivity index (χ0) is 30.3. The molecule has 11 unspecified atom stereocenters. The third kappa shape index (κ3) is 8.14. The SMILES string of the molecule is C=CC1C(OC2OC(CO)C(O)C(O)C2OC(C)C)OC=C(C(=O)OC)C1C=CC1CC(C(=O)[O-])C[NH+](CCO)C1. The Labute approximate surface area is 239 Å². The maximum atomic E-state index is 12.7. The van der Waals surface area contributed by atoms with Crippen molar-refractivity contribution in [3.63, 3.8) is 0 Å². The van der Waals surface area contributed by atoms with Crippen molar-refractivity contribution in [3.05, 3.63) is 36.6 Å². The summed E-state index contributed by atoms with van der Waals surface area (Å²) in [5.74, 6) is -3.96. The van der Waals surface area contributed by atoms with Gasteiger partial charge in [-0.15, -0.1) is 6.58 Å². The largest absolute Gasteiger partial charge is 0.550 e. The van der Waals surface area contributed by atoms with Crippen LogP contribution < -0.4 is 10.0 Å². The fourth-order valence-electron chi connectivity index (χ4n) is 5.66. The first-order valence-electron chi connectivity index (χ1n) is 13.9. The number of carboxylic acid groups (broad SMARTS) is 1. The number of hydrogen-bond acceptors (Lipinski definition) is 12. The van der Waals surface area contributed by atoms with Crippen LogP contribution >= 0.6 is 0 Å². The second-order valence-electron chi connectivity index (χ2n) is 10.9. The summed E-state index contributed by atoms with van der Waals surface area (Å²) in [5, 5.41) is 51.8. The summed E-state index contributed by atoms with van der Waals surface area (Å²) in [7, 11) is 1.24. The Hall–Kier alpha value is -2.36. The smallest absolute Gasteiger partial charge is 0.337 e. The summed E-state index contributed by atoms with van der Waals surface area (Å²) in [5.41, 5.74) is 0.184. The number of carboxylic acids is 1. The van der Waals surface area contributed by atoms with Crippen LogP contribution in [0.15, 0.2) is 36.6 Å². The lowest BCUT2D eigenvalue weighted by Gasteiger charge is -2.44. The second kappa shape index (κ2) is 15.2. The third-order valence-corrected chi connectivity index (χ3v) is 7.70. The molecular formula is C28H43NO12. The molecule has 0 bridgehead atoms. The lowest BCUT2D eigenvalue weighted by molar-refractivity contribution is -0.911. The molecule has 2 fully saturated rings. The number of piperidine rings is 1. The normalized spacial score (nSPS) is 37.9. The van der Waals surface area contributed by atoms with Crippen molar-refractivity contribution in [2.45, 2.75) is 63.4 Å². The van der Waals surface area contributed by atoms with Gasteiger partial charge in [-0.2, -0.15) is 0 Å². The minimum absolute atomic E-state index is 0.0775.